The van der Waals surface area contributed by atoms with E-state index in [4.69, 9.17) is 11.6 Å². The molecule has 1 N–H and O–H groups in total. The first kappa shape index (κ1) is 14.1. The van der Waals surface area contributed by atoms with Crippen molar-refractivity contribution in [2.75, 3.05) is 18.1 Å². The Hall–Kier alpha value is -1.33. The lowest BCUT2D eigenvalue weighted by molar-refractivity contribution is -0.384. The third-order valence-corrected chi connectivity index (χ3v) is 3.77. The molecule has 0 amide bonds. The molecule has 5 nitrogen and oxygen atoms in total. The van der Waals surface area contributed by atoms with Crippen LogP contribution in [0.2, 0.25) is 5.02 Å². The van der Waals surface area contributed by atoms with Crippen molar-refractivity contribution < 1.29 is 10.0 Å². The largest absolute Gasteiger partial charge is 0.394 e. The summed E-state index contributed by atoms with van der Waals surface area (Å²) in [6.07, 6.45) is 3.94. The van der Waals surface area contributed by atoms with Crippen LogP contribution < -0.4 is 4.90 Å². The maximum absolute atomic E-state index is 11.1. The summed E-state index contributed by atoms with van der Waals surface area (Å²) in [5.74, 6) is 0. The van der Waals surface area contributed by atoms with Crippen molar-refractivity contribution in [3.8, 4) is 0 Å². The van der Waals surface area contributed by atoms with E-state index in [2.05, 4.69) is 0 Å². The minimum absolute atomic E-state index is 0.00364. The first-order chi connectivity index (χ1) is 9.13. The van der Waals surface area contributed by atoms with Crippen LogP contribution >= 0.6 is 11.6 Å². The Labute approximate surface area is 116 Å². The molecule has 0 radical (unpaired) electrons. The van der Waals surface area contributed by atoms with Crippen LogP contribution in [0.1, 0.15) is 25.7 Å². The van der Waals surface area contributed by atoms with E-state index in [0.717, 1.165) is 25.7 Å². The molecule has 1 saturated heterocycles. The molecule has 1 aromatic carbocycles. The Morgan fingerprint density at radius 1 is 1.42 bits per heavy atom. The SMILES string of the molecule is O=[N+]([O-])c1ccc(Cl)cc1N1CCCCCC1CO. The number of hydrogen-bond donors (Lipinski definition) is 1. The van der Waals surface area contributed by atoms with Crippen LogP contribution in [0.4, 0.5) is 11.4 Å². The fraction of sp³-hybridized carbons (Fsp3) is 0.538. The molecule has 2 rings (SSSR count). The van der Waals surface area contributed by atoms with Gasteiger partial charge in [0.15, 0.2) is 0 Å². The number of nitro benzene ring substituents is 1. The lowest BCUT2D eigenvalue weighted by Crippen LogP contribution is -2.37. The Balaban J connectivity index is 2.42. The van der Waals surface area contributed by atoms with Gasteiger partial charge in [0.25, 0.3) is 5.69 Å². The molecular weight excluding hydrogens is 268 g/mol. The zero-order chi connectivity index (χ0) is 13.8. The maximum atomic E-state index is 11.1. The number of aliphatic hydroxyl groups excluding tert-OH is 1. The topological polar surface area (TPSA) is 66.6 Å². The molecule has 1 unspecified atom stereocenters. The average Bonchev–Trinajstić information content (AvgIpc) is 2.63. The summed E-state index contributed by atoms with van der Waals surface area (Å²) in [5, 5.41) is 21.1. The average molecular weight is 285 g/mol. The number of nitrogens with zero attached hydrogens (tertiary/aromatic N) is 2. The zero-order valence-electron chi connectivity index (χ0n) is 10.6. The van der Waals surface area contributed by atoms with Gasteiger partial charge in [-0.3, -0.25) is 10.1 Å². The highest BCUT2D eigenvalue weighted by molar-refractivity contribution is 6.31. The first-order valence-corrected chi connectivity index (χ1v) is 6.82. The van der Waals surface area contributed by atoms with Gasteiger partial charge in [-0.2, -0.15) is 0 Å². The van der Waals surface area contributed by atoms with E-state index in [9.17, 15) is 15.2 Å². The minimum atomic E-state index is -0.398. The van der Waals surface area contributed by atoms with Crippen LogP contribution in [0, 0.1) is 10.1 Å². The molecule has 1 heterocycles. The third kappa shape index (κ3) is 3.16. The second-order valence-electron chi connectivity index (χ2n) is 4.77. The zero-order valence-corrected chi connectivity index (χ0v) is 11.3. The molecule has 0 bridgehead atoms. The van der Waals surface area contributed by atoms with Gasteiger partial charge in [0.2, 0.25) is 0 Å². The number of rotatable bonds is 3. The van der Waals surface area contributed by atoms with Gasteiger partial charge in [-0.25, -0.2) is 0 Å². The Bertz CT molecular complexity index is 467. The third-order valence-electron chi connectivity index (χ3n) is 3.53. The number of hydrogen-bond acceptors (Lipinski definition) is 4. The smallest absolute Gasteiger partial charge is 0.292 e. The van der Waals surface area contributed by atoms with Crippen LogP contribution in [0.25, 0.3) is 0 Å². The van der Waals surface area contributed by atoms with Crippen LogP contribution in [0.3, 0.4) is 0 Å². The van der Waals surface area contributed by atoms with Gasteiger partial charge < -0.3 is 10.0 Å². The van der Waals surface area contributed by atoms with Crippen molar-refractivity contribution in [1.29, 1.82) is 0 Å². The van der Waals surface area contributed by atoms with Crippen molar-refractivity contribution in [2.24, 2.45) is 0 Å². The Kier molecular flexibility index (Phi) is 4.61. The molecule has 104 valence electrons. The van der Waals surface area contributed by atoms with Gasteiger partial charge in [0.1, 0.15) is 5.69 Å². The number of anilines is 1. The fourth-order valence-electron chi connectivity index (χ4n) is 2.57. The van der Waals surface area contributed by atoms with Gasteiger partial charge >= 0.3 is 0 Å². The van der Waals surface area contributed by atoms with Crippen LogP contribution in [0.5, 0.6) is 0 Å². The number of aliphatic hydroxyl groups is 1. The van der Waals surface area contributed by atoms with Crippen molar-refractivity contribution in [1.82, 2.24) is 0 Å². The van der Waals surface area contributed by atoms with Crippen LogP contribution in [-0.2, 0) is 0 Å². The summed E-state index contributed by atoms with van der Waals surface area (Å²) < 4.78 is 0. The maximum Gasteiger partial charge on any atom is 0.292 e. The quantitative estimate of drug-likeness (QED) is 0.684. The summed E-state index contributed by atoms with van der Waals surface area (Å²) in [6.45, 7) is 0.718. The standard InChI is InChI=1S/C13H17ClN2O3/c14-10-5-6-12(16(18)19)13(8-10)15-7-3-1-2-4-11(15)9-17/h5-6,8,11,17H,1-4,7,9H2. The first-order valence-electron chi connectivity index (χ1n) is 6.45. The van der Waals surface area contributed by atoms with Gasteiger partial charge in [0, 0.05) is 17.6 Å². The molecule has 1 aliphatic rings. The van der Waals surface area contributed by atoms with Crippen molar-refractivity contribution in [3.05, 3.63) is 33.3 Å². The lowest BCUT2D eigenvalue weighted by Gasteiger charge is -2.30. The van der Waals surface area contributed by atoms with E-state index >= 15 is 0 Å². The highest BCUT2D eigenvalue weighted by Gasteiger charge is 2.26. The predicted molar refractivity (Wildman–Crippen MR) is 74.8 cm³/mol. The molecule has 0 aliphatic carbocycles. The van der Waals surface area contributed by atoms with E-state index in [1.54, 1.807) is 6.07 Å². The summed E-state index contributed by atoms with van der Waals surface area (Å²) in [5.41, 5.74) is 0.559. The summed E-state index contributed by atoms with van der Waals surface area (Å²) in [7, 11) is 0. The number of benzene rings is 1. The second kappa shape index (κ2) is 6.21. The molecule has 1 aromatic rings. The normalized spacial score (nSPS) is 20.1. The lowest BCUT2D eigenvalue weighted by atomic mass is 10.1. The Morgan fingerprint density at radius 3 is 2.89 bits per heavy atom. The molecule has 0 spiro atoms. The van der Waals surface area contributed by atoms with E-state index in [1.807, 2.05) is 4.90 Å². The second-order valence-corrected chi connectivity index (χ2v) is 5.21. The molecule has 1 fully saturated rings. The molecular formula is C13H17ClN2O3. The number of nitro groups is 1. The predicted octanol–water partition coefficient (Wildman–Crippen LogP) is 2.99. The fourth-order valence-corrected chi connectivity index (χ4v) is 2.73. The van der Waals surface area contributed by atoms with Crippen molar-refractivity contribution >= 4 is 23.0 Å². The molecule has 19 heavy (non-hydrogen) atoms. The molecule has 6 heteroatoms. The van der Waals surface area contributed by atoms with E-state index in [0.29, 0.717) is 17.3 Å². The summed E-state index contributed by atoms with van der Waals surface area (Å²) in [4.78, 5) is 12.7. The van der Waals surface area contributed by atoms with Crippen molar-refractivity contribution in [2.45, 2.75) is 31.7 Å². The van der Waals surface area contributed by atoms with E-state index < -0.39 is 4.92 Å². The minimum Gasteiger partial charge on any atom is -0.394 e. The van der Waals surface area contributed by atoms with Gasteiger partial charge in [-0.1, -0.05) is 24.4 Å². The monoisotopic (exact) mass is 284 g/mol. The Morgan fingerprint density at radius 2 is 2.21 bits per heavy atom. The highest BCUT2D eigenvalue weighted by atomic mass is 35.5. The van der Waals surface area contributed by atoms with Gasteiger partial charge in [0.05, 0.1) is 17.6 Å². The number of halogens is 1. The van der Waals surface area contributed by atoms with Gasteiger partial charge in [-0.05, 0) is 25.0 Å². The van der Waals surface area contributed by atoms with E-state index in [-0.39, 0.29) is 18.3 Å². The van der Waals surface area contributed by atoms with Crippen molar-refractivity contribution in [3.63, 3.8) is 0 Å². The van der Waals surface area contributed by atoms with Gasteiger partial charge in [-0.15, -0.1) is 0 Å². The highest BCUT2D eigenvalue weighted by Crippen LogP contribution is 2.34. The van der Waals surface area contributed by atoms with E-state index in [1.165, 1.54) is 12.1 Å². The molecule has 0 saturated carbocycles. The summed E-state index contributed by atoms with van der Waals surface area (Å²) >= 11 is 5.96. The van der Waals surface area contributed by atoms with Crippen LogP contribution in [-0.4, -0.2) is 29.2 Å². The molecule has 1 aliphatic heterocycles. The molecule has 1 atom stereocenters. The molecule has 0 aromatic heterocycles. The van der Waals surface area contributed by atoms with Crippen LogP contribution in [0.15, 0.2) is 18.2 Å². The summed E-state index contributed by atoms with van der Waals surface area (Å²) in [6, 6.07) is 4.50.